The Labute approximate surface area is 137 Å². The zero-order chi connectivity index (χ0) is 14.8. The normalized spacial score (nSPS) is 14.4. The van der Waals surface area contributed by atoms with Crippen LogP contribution in [0.25, 0.3) is 0 Å². The first-order valence-electron chi connectivity index (χ1n) is 7.08. The molecule has 1 saturated carbocycles. The fourth-order valence-electron chi connectivity index (χ4n) is 2.37. The highest BCUT2D eigenvalue weighted by atomic mass is 79.9. The van der Waals surface area contributed by atoms with Gasteiger partial charge in [0.05, 0.1) is 6.54 Å². The number of halogens is 2. The summed E-state index contributed by atoms with van der Waals surface area (Å²) in [5, 5.41) is 5.48. The van der Waals surface area contributed by atoms with Gasteiger partial charge in [-0.1, -0.05) is 6.07 Å². The van der Waals surface area contributed by atoms with Gasteiger partial charge in [-0.25, -0.2) is 4.39 Å². The number of rotatable bonds is 6. The van der Waals surface area contributed by atoms with Gasteiger partial charge in [-0.2, -0.15) is 0 Å². The fourth-order valence-corrected chi connectivity index (χ4v) is 3.87. The lowest BCUT2D eigenvalue weighted by Gasteiger charge is -2.22. The molecule has 0 aliphatic heterocycles. The van der Waals surface area contributed by atoms with Crippen LogP contribution in [0.5, 0.6) is 0 Å². The molecule has 0 bridgehead atoms. The van der Waals surface area contributed by atoms with Crippen LogP contribution in [-0.2, 0) is 13.1 Å². The summed E-state index contributed by atoms with van der Waals surface area (Å²) >= 11 is 5.19. The largest absolute Gasteiger partial charge is 0.369 e. The standard InChI is InChI=1S/C16H18BrFN2S/c1-20(9-13-7-11(17)10-21-13)16-4-2-3-15(18)14(16)8-19-12-5-6-12/h2-4,7,10,12,19H,5-6,8-9H2,1H3. The quantitative estimate of drug-likeness (QED) is 0.804. The first-order chi connectivity index (χ1) is 10.1. The Morgan fingerprint density at radius 3 is 2.90 bits per heavy atom. The Bertz CT molecular complexity index is 624. The molecule has 0 saturated heterocycles. The second-order valence-electron chi connectivity index (χ2n) is 5.48. The van der Waals surface area contributed by atoms with Gasteiger partial charge in [0.25, 0.3) is 0 Å². The summed E-state index contributed by atoms with van der Waals surface area (Å²) in [5.41, 5.74) is 1.73. The highest BCUT2D eigenvalue weighted by molar-refractivity contribution is 9.10. The summed E-state index contributed by atoms with van der Waals surface area (Å²) in [6.45, 7) is 1.39. The number of nitrogens with one attached hydrogen (secondary N) is 1. The lowest BCUT2D eigenvalue weighted by molar-refractivity contribution is 0.586. The van der Waals surface area contributed by atoms with Crippen molar-refractivity contribution in [3.8, 4) is 0 Å². The van der Waals surface area contributed by atoms with E-state index in [0.29, 0.717) is 12.6 Å². The molecule has 3 rings (SSSR count). The molecule has 0 unspecified atom stereocenters. The molecular weight excluding hydrogens is 351 g/mol. The molecule has 0 amide bonds. The second kappa shape index (κ2) is 6.46. The molecule has 5 heteroatoms. The van der Waals surface area contributed by atoms with Gasteiger partial charge in [0.15, 0.2) is 0 Å². The maximum absolute atomic E-state index is 14.2. The summed E-state index contributed by atoms with van der Waals surface area (Å²) in [6.07, 6.45) is 2.42. The Kier molecular flexibility index (Phi) is 4.62. The smallest absolute Gasteiger partial charge is 0.129 e. The van der Waals surface area contributed by atoms with Gasteiger partial charge in [-0.15, -0.1) is 11.3 Å². The van der Waals surface area contributed by atoms with Gasteiger partial charge < -0.3 is 10.2 Å². The fraction of sp³-hybridized carbons (Fsp3) is 0.375. The van der Waals surface area contributed by atoms with Crippen LogP contribution in [0.1, 0.15) is 23.3 Å². The molecule has 1 aromatic carbocycles. The zero-order valence-corrected chi connectivity index (χ0v) is 14.3. The third-order valence-electron chi connectivity index (χ3n) is 3.67. The van der Waals surface area contributed by atoms with Crippen LogP contribution in [0.2, 0.25) is 0 Å². The minimum atomic E-state index is -0.125. The molecule has 1 aromatic heterocycles. The Balaban J connectivity index is 1.77. The summed E-state index contributed by atoms with van der Waals surface area (Å²) in [4.78, 5) is 3.38. The van der Waals surface area contributed by atoms with Crippen LogP contribution < -0.4 is 10.2 Å². The van der Waals surface area contributed by atoms with Gasteiger partial charge in [-0.3, -0.25) is 0 Å². The van der Waals surface area contributed by atoms with Crippen molar-refractivity contribution >= 4 is 33.0 Å². The molecule has 112 valence electrons. The lowest BCUT2D eigenvalue weighted by Crippen LogP contribution is -2.22. The van der Waals surface area contributed by atoms with Crippen LogP contribution in [-0.4, -0.2) is 13.1 Å². The van der Waals surface area contributed by atoms with Crippen LogP contribution in [0.15, 0.2) is 34.1 Å². The van der Waals surface area contributed by atoms with Gasteiger partial charge in [-0.05, 0) is 47.0 Å². The first-order valence-corrected chi connectivity index (χ1v) is 8.75. The molecule has 1 fully saturated rings. The molecule has 1 heterocycles. The molecule has 0 radical (unpaired) electrons. The SMILES string of the molecule is CN(Cc1cc(Br)cs1)c1cccc(F)c1CNC1CC1. The average Bonchev–Trinajstić information content (AvgIpc) is 3.19. The zero-order valence-electron chi connectivity index (χ0n) is 11.9. The van der Waals surface area contributed by atoms with E-state index in [-0.39, 0.29) is 5.82 Å². The van der Waals surface area contributed by atoms with E-state index in [9.17, 15) is 4.39 Å². The number of hydrogen-bond donors (Lipinski definition) is 1. The van der Waals surface area contributed by atoms with Crippen molar-refractivity contribution < 1.29 is 4.39 Å². The van der Waals surface area contributed by atoms with Crippen molar-refractivity contribution in [1.82, 2.24) is 5.32 Å². The Morgan fingerprint density at radius 1 is 1.43 bits per heavy atom. The molecule has 1 aliphatic rings. The van der Waals surface area contributed by atoms with E-state index in [1.54, 1.807) is 23.5 Å². The van der Waals surface area contributed by atoms with Gasteiger partial charge in [0, 0.05) is 45.6 Å². The molecule has 0 spiro atoms. The molecular formula is C16H18BrFN2S. The summed E-state index contributed by atoms with van der Waals surface area (Å²) < 4.78 is 15.3. The summed E-state index contributed by atoms with van der Waals surface area (Å²) in [5.74, 6) is -0.125. The van der Waals surface area contributed by atoms with E-state index < -0.39 is 0 Å². The van der Waals surface area contributed by atoms with Crippen LogP contribution >= 0.6 is 27.3 Å². The van der Waals surface area contributed by atoms with E-state index in [1.165, 1.54) is 17.7 Å². The number of nitrogens with zero attached hydrogens (tertiary/aromatic N) is 1. The predicted molar refractivity (Wildman–Crippen MR) is 90.4 cm³/mol. The van der Waals surface area contributed by atoms with Crippen molar-refractivity contribution in [2.45, 2.75) is 32.0 Å². The highest BCUT2D eigenvalue weighted by Crippen LogP contribution is 2.28. The minimum absolute atomic E-state index is 0.125. The van der Waals surface area contributed by atoms with Crippen molar-refractivity contribution in [3.63, 3.8) is 0 Å². The molecule has 1 aliphatic carbocycles. The maximum Gasteiger partial charge on any atom is 0.129 e. The lowest BCUT2D eigenvalue weighted by atomic mass is 10.1. The summed E-state index contributed by atoms with van der Waals surface area (Å²) in [7, 11) is 2.02. The Morgan fingerprint density at radius 2 is 2.24 bits per heavy atom. The maximum atomic E-state index is 14.2. The average molecular weight is 369 g/mol. The summed E-state index contributed by atoms with van der Waals surface area (Å²) in [6, 6.07) is 8.02. The third kappa shape index (κ3) is 3.84. The first kappa shape index (κ1) is 15.0. The topological polar surface area (TPSA) is 15.3 Å². The molecule has 2 nitrogen and oxygen atoms in total. The molecule has 2 aromatic rings. The van der Waals surface area contributed by atoms with E-state index >= 15 is 0 Å². The van der Waals surface area contributed by atoms with Crippen molar-refractivity contribution in [3.05, 3.63) is 50.4 Å². The predicted octanol–water partition coefficient (Wildman–Crippen LogP) is 4.54. The molecule has 0 atom stereocenters. The van der Waals surface area contributed by atoms with E-state index in [0.717, 1.165) is 22.3 Å². The van der Waals surface area contributed by atoms with Crippen molar-refractivity contribution in [2.24, 2.45) is 0 Å². The van der Waals surface area contributed by atoms with Crippen LogP contribution in [0.3, 0.4) is 0 Å². The van der Waals surface area contributed by atoms with Gasteiger partial charge in [0.1, 0.15) is 5.82 Å². The van der Waals surface area contributed by atoms with Gasteiger partial charge in [0.2, 0.25) is 0 Å². The Hall–Kier alpha value is -0.910. The van der Waals surface area contributed by atoms with Crippen LogP contribution in [0, 0.1) is 5.82 Å². The van der Waals surface area contributed by atoms with Crippen molar-refractivity contribution in [2.75, 3.05) is 11.9 Å². The van der Waals surface area contributed by atoms with Gasteiger partial charge >= 0.3 is 0 Å². The minimum Gasteiger partial charge on any atom is -0.369 e. The van der Waals surface area contributed by atoms with E-state index in [2.05, 4.69) is 37.6 Å². The monoisotopic (exact) mass is 368 g/mol. The van der Waals surface area contributed by atoms with E-state index in [1.807, 2.05) is 13.1 Å². The van der Waals surface area contributed by atoms with Crippen LogP contribution in [0.4, 0.5) is 10.1 Å². The number of benzene rings is 1. The van der Waals surface area contributed by atoms with Crippen molar-refractivity contribution in [1.29, 1.82) is 0 Å². The number of thiophene rings is 1. The number of hydrogen-bond acceptors (Lipinski definition) is 3. The second-order valence-corrected chi connectivity index (χ2v) is 7.39. The third-order valence-corrected chi connectivity index (χ3v) is 5.35. The number of anilines is 1. The molecule has 1 N–H and O–H groups in total. The van der Waals surface area contributed by atoms with E-state index in [4.69, 9.17) is 0 Å². The highest BCUT2D eigenvalue weighted by Gasteiger charge is 2.22. The molecule has 21 heavy (non-hydrogen) atoms.